The summed E-state index contributed by atoms with van der Waals surface area (Å²) >= 11 is 0. The third-order valence-corrected chi connectivity index (χ3v) is 4.08. The molecule has 0 spiro atoms. The zero-order chi connectivity index (χ0) is 16.7. The van der Waals surface area contributed by atoms with Crippen LogP contribution < -0.4 is 9.64 Å². The molecule has 0 saturated carbocycles. The van der Waals surface area contributed by atoms with Crippen LogP contribution in [0.1, 0.15) is 18.9 Å². The SMILES string of the molecule is CCC(=O)Oc1ccc2nc(N3CCc4ccccc43)oc2c1F. The van der Waals surface area contributed by atoms with E-state index in [4.69, 9.17) is 9.15 Å². The van der Waals surface area contributed by atoms with Gasteiger partial charge in [-0.3, -0.25) is 9.69 Å². The monoisotopic (exact) mass is 326 g/mol. The maximum atomic E-state index is 14.5. The highest BCUT2D eigenvalue weighted by Crippen LogP contribution is 2.37. The van der Waals surface area contributed by atoms with Crippen molar-refractivity contribution in [2.75, 3.05) is 11.4 Å². The fourth-order valence-corrected chi connectivity index (χ4v) is 2.86. The molecule has 3 aromatic rings. The van der Waals surface area contributed by atoms with E-state index in [1.54, 1.807) is 13.0 Å². The molecule has 5 nitrogen and oxygen atoms in total. The fraction of sp³-hybridized carbons (Fsp3) is 0.222. The molecule has 0 amide bonds. The van der Waals surface area contributed by atoms with Crippen molar-refractivity contribution in [1.82, 2.24) is 4.98 Å². The number of halogens is 1. The lowest BCUT2D eigenvalue weighted by atomic mass is 10.2. The average Bonchev–Trinajstić information content (AvgIpc) is 3.21. The summed E-state index contributed by atoms with van der Waals surface area (Å²) in [5.74, 6) is -1.35. The molecule has 4 rings (SSSR count). The van der Waals surface area contributed by atoms with Crippen LogP contribution in [0.25, 0.3) is 11.1 Å². The predicted octanol–water partition coefficient (Wildman–Crippen LogP) is 3.98. The van der Waals surface area contributed by atoms with Gasteiger partial charge in [0.05, 0.1) is 0 Å². The number of benzene rings is 2. The van der Waals surface area contributed by atoms with E-state index in [0.29, 0.717) is 11.5 Å². The first kappa shape index (κ1) is 14.7. The number of carbonyl (C=O) groups is 1. The summed E-state index contributed by atoms with van der Waals surface area (Å²) in [4.78, 5) is 17.7. The Morgan fingerprint density at radius 3 is 3.00 bits per heavy atom. The first-order chi connectivity index (χ1) is 11.7. The van der Waals surface area contributed by atoms with Crippen molar-refractivity contribution >= 4 is 28.8 Å². The van der Waals surface area contributed by atoms with Crippen molar-refractivity contribution in [1.29, 1.82) is 0 Å². The number of rotatable bonds is 3. The van der Waals surface area contributed by atoms with E-state index in [0.717, 1.165) is 18.7 Å². The summed E-state index contributed by atoms with van der Waals surface area (Å²) < 4.78 is 25.2. The molecule has 0 radical (unpaired) electrons. The molecule has 0 unspecified atom stereocenters. The Hall–Kier alpha value is -2.89. The lowest BCUT2D eigenvalue weighted by molar-refractivity contribution is -0.134. The average molecular weight is 326 g/mol. The third-order valence-electron chi connectivity index (χ3n) is 4.08. The minimum Gasteiger partial charge on any atom is -0.423 e. The smallest absolute Gasteiger partial charge is 0.311 e. The number of hydrogen-bond acceptors (Lipinski definition) is 5. The molecular formula is C18H15FN2O3. The van der Waals surface area contributed by atoms with Crippen LogP contribution in [-0.2, 0) is 11.2 Å². The number of anilines is 2. The van der Waals surface area contributed by atoms with Crippen LogP contribution in [0, 0.1) is 5.82 Å². The summed E-state index contributed by atoms with van der Waals surface area (Å²) in [5.41, 5.74) is 2.61. The number of nitrogens with zero attached hydrogens (tertiary/aromatic N) is 2. The first-order valence-electron chi connectivity index (χ1n) is 7.82. The lowest BCUT2D eigenvalue weighted by Crippen LogP contribution is -2.13. The Morgan fingerprint density at radius 1 is 1.33 bits per heavy atom. The molecule has 122 valence electrons. The van der Waals surface area contributed by atoms with Crippen molar-refractivity contribution < 1.29 is 18.3 Å². The summed E-state index contributed by atoms with van der Waals surface area (Å²) in [6.45, 7) is 2.38. The van der Waals surface area contributed by atoms with Gasteiger partial charge in [0.15, 0.2) is 11.3 Å². The van der Waals surface area contributed by atoms with Gasteiger partial charge in [-0.15, -0.1) is 0 Å². The number of aromatic nitrogens is 1. The van der Waals surface area contributed by atoms with Crippen LogP contribution in [0.5, 0.6) is 5.75 Å². The van der Waals surface area contributed by atoms with E-state index in [2.05, 4.69) is 11.1 Å². The maximum Gasteiger partial charge on any atom is 0.311 e. The molecule has 6 heteroatoms. The van der Waals surface area contributed by atoms with Gasteiger partial charge in [-0.25, -0.2) is 0 Å². The van der Waals surface area contributed by atoms with Crippen LogP contribution >= 0.6 is 0 Å². The van der Waals surface area contributed by atoms with E-state index >= 15 is 0 Å². The third kappa shape index (κ3) is 2.31. The molecule has 0 bridgehead atoms. The fourth-order valence-electron chi connectivity index (χ4n) is 2.86. The van der Waals surface area contributed by atoms with Crippen LogP contribution in [0.2, 0.25) is 0 Å². The lowest BCUT2D eigenvalue weighted by Gasteiger charge is -2.13. The Morgan fingerprint density at radius 2 is 2.17 bits per heavy atom. The minimum absolute atomic E-state index is 0.00390. The number of para-hydroxylation sites is 1. The molecule has 2 aromatic carbocycles. The van der Waals surface area contributed by atoms with Gasteiger partial charge >= 0.3 is 12.0 Å². The van der Waals surface area contributed by atoms with Crippen LogP contribution in [0.4, 0.5) is 16.1 Å². The van der Waals surface area contributed by atoms with Gasteiger partial charge in [0, 0.05) is 18.7 Å². The highest BCUT2D eigenvalue weighted by molar-refractivity contribution is 5.80. The van der Waals surface area contributed by atoms with Gasteiger partial charge < -0.3 is 9.15 Å². The number of esters is 1. The maximum absolute atomic E-state index is 14.5. The predicted molar refractivity (Wildman–Crippen MR) is 87.0 cm³/mol. The van der Waals surface area contributed by atoms with Gasteiger partial charge in [-0.05, 0) is 30.2 Å². The first-order valence-corrected chi connectivity index (χ1v) is 7.82. The highest BCUT2D eigenvalue weighted by atomic mass is 19.1. The van der Waals surface area contributed by atoms with Crippen molar-refractivity contribution in [3.8, 4) is 5.75 Å². The summed E-state index contributed by atoms with van der Waals surface area (Å²) in [6.07, 6.45) is 1.06. The van der Waals surface area contributed by atoms with E-state index in [1.807, 2.05) is 23.1 Å². The van der Waals surface area contributed by atoms with Crippen molar-refractivity contribution in [2.45, 2.75) is 19.8 Å². The molecule has 2 heterocycles. The zero-order valence-electron chi connectivity index (χ0n) is 13.1. The Bertz CT molecular complexity index is 935. The summed E-state index contributed by atoms with van der Waals surface area (Å²) in [7, 11) is 0. The van der Waals surface area contributed by atoms with Gasteiger partial charge in [0.2, 0.25) is 5.82 Å². The minimum atomic E-state index is -0.708. The van der Waals surface area contributed by atoms with Gasteiger partial charge in [-0.1, -0.05) is 25.1 Å². The number of hydrogen-bond donors (Lipinski definition) is 0. The number of fused-ring (bicyclic) bond motifs is 2. The topological polar surface area (TPSA) is 55.6 Å². The molecule has 0 N–H and O–H groups in total. The molecule has 1 aliphatic heterocycles. The normalized spacial score (nSPS) is 13.3. The summed E-state index contributed by atoms with van der Waals surface area (Å²) in [5, 5.41) is 0. The second-order valence-electron chi connectivity index (χ2n) is 5.58. The standard InChI is InChI=1S/C18H15FN2O3/c1-2-15(22)23-14-8-7-12-17(16(14)19)24-18(20-12)21-10-9-11-5-3-4-6-13(11)21/h3-8H,2,9-10H2,1H3. The number of carbonyl (C=O) groups excluding carboxylic acids is 1. The van der Waals surface area contributed by atoms with E-state index in [1.165, 1.54) is 11.6 Å². The highest BCUT2D eigenvalue weighted by Gasteiger charge is 2.25. The molecule has 0 atom stereocenters. The summed E-state index contributed by atoms with van der Waals surface area (Å²) in [6, 6.07) is 11.3. The van der Waals surface area contributed by atoms with Crippen LogP contribution in [0.3, 0.4) is 0 Å². The van der Waals surface area contributed by atoms with Gasteiger partial charge in [0.25, 0.3) is 0 Å². The molecule has 0 fully saturated rings. The Kier molecular flexibility index (Phi) is 3.45. The van der Waals surface area contributed by atoms with Crippen LogP contribution in [-0.4, -0.2) is 17.5 Å². The molecule has 1 aliphatic rings. The second-order valence-corrected chi connectivity index (χ2v) is 5.58. The van der Waals surface area contributed by atoms with Crippen molar-refractivity contribution in [2.24, 2.45) is 0 Å². The zero-order valence-corrected chi connectivity index (χ0v) is 13.1. The largest absolute Gasteiger partial charge is 0.423 e. The van der Waals surface area contributed by atoms with Gasteiger partial charge in [-0.2, -0.15) is 9.37 Å². The van der Waals surface area contributed by atoms with E-state index < -0.39 is 11.8 Å². The van der Waals surface area contributed by atoms with Gasteiger partial charge in [0.1, 0.15) is 5.52 Å². The number of ether oxygens (including phenoxy) is 1. The molecular weight excluding hydrogens is 311 g/mol. The quantitative estimate of drug-likeness (QED) is 0.538. The van der Waals surface area contributed by atoms with E-state index in [-0.39, 0.29) is 17.8 Å². The van der Waals surface area contributed by atoms with Crippen LogP contribution in [0.15, 0.2) is 40.8 Å². The van der Waals surface area contributed by atoms with Crippen molar-refractivity contribution in [3.63, 3.8) is 0 Å². The number of oxazole rings is 1. The second kappa shape index (κ2) is 5.63. The molecule has 1 aromatic heterocycles. The molecule has 24 heavy (non-hydrogen) atoms. The molecule has 0 aliphatic carbocycles. The Labute approximate surface area is 137 Å². The Balaban J connectivity index is 1.74. The van der Waals surface area contributed by atoms with E-state index in [9.17, 15) is 9.18 Å². The van der Waals surface area contributed by atoms with Crippen molar-refractivity contribution in [3.05, 3.63) is 47.8 Å². The molecule has 0 saturated heterocycles.